The molecular weight excluding hydrogens is 256 g/mol. The summed E-state index contributed by atoms with van der Waals surface area (Å²) in [5.74, 6) is 1.21. The van der Waals surface area contributed by atoms with Crippen molar-refractivity contribution < 1.29 is 4.79 Å². The fraction of sp³-hybridized carbons (Fsp3) is 0.350. The highest BCUT2D eigenvalue weighted by molar-refractivity contribution is 5.56. The van der Waals surface area contributed by atoms with Crippen molar-refractivity contribution >= 4 is 6.29 Å². The maximum Gasteiger partial charge on any atom is 0.123 e. The number of allylic oxidation sites excluding steroid dienone is 3. The first-order valence-electron chi connectivity index (χ1n) is 7.62. The van der Waals surface area contributed by atoms with Crippen LogP contribution >= 0.6 is 0 Å². The van der Waals surface area contributed by atoms with Crippen LogP contribution in [0.5, 0.6) is 0 Å². The molecule has 21 heavy (non-hydrogen) atoms. The Kier molecular flexibility index (Phi) is 5.32. The van der Waals surface area contributed by atoms with E-state index >= 15 is 0 Å². The van der Waals surface area contributed by atoms with Crippen molar-refractivity contribution in [3.8, 4) is 0 Å². The Bertz CT molecular complexity index is 494. The first-order valence-corrected chi connectivity index (χ1v) is 7.62. The second kappa shape index (κ2) is 7.21. The SMILES string of the molecule is C=CC(C=C)[C@@H]1[C@@H](C=O)[C@H](Cc2ccccc2)C[C@H]1C=C. The Morgan fingerprint density at radius 1 is 1.14 bits per heavy atom. The van der Waals surface area contributed by atoms with Gasteiger partial charge in [-0.3, -0.25) is 0 Å². The van der Waals surface area contributed by atoms with Crippen molar-refractivity contribution in [3.63, 3.8) is 0 Å². The molecule has 1 saturated carbocycles. The minimum atomic E-state index is 0.0502. The average Bonchev–Trinajstić information content (AvgIpc) is 2.87. The van der Waals surface area contributed by atoms with Gasteiger partial charge in [-0.2, -0.15) is 0 Å². The van der Waals surface area contributed by atoms with Crippen molar-refractivity contribution in [1.82, 2.24) is 0 Å². The van der Waals surface area contributed by atoms with E-state index in [4.69, 9.17) is 0 Å². The minimum Gasteiger partial charge on any atom is -0.303 e. The van der Waals surface area contributed by atoms with Crippen molar-refractivity contribution in [2.24, 2.45) is 29.6 Å². The van der Waals surface area contributed by atoms with Gasteiger partial charge in [0.05, 0.1) is 0 Å². The summed E-state index contributed by atoms with van der Waals surface area (Å²) in [6.45, 7) is 11.8. The summed E-state index contributed by atoms with van der Waals surface area (Å²) < 4.78 is 0. The Balaban J connectivity index is 2.23. The third-order valence-electron chi connectivity index (χ3n) is 4.85. The predicted octanol–water partition coefficient (Wildman–Crippen LogP) is 4.47. The van der Waals surface area contributed by atoms with Gasteiger partial charge >= 0.3 is 0 Å². The van der Waals surface area contributed by atoms with Crippen molar-refractivity contribution in [2.45, 2.75) is 12.8 Å². The van der Waals surface area contributed by atoms with Crippen LogP contribution in [0.25, 0.3) is 0 Å². The van der Waals surface area contributed by atoms with Gasteiger partial charge in [-0.15, -0.1) is 19.7 Å². The van der Waals surface area contributed by atoms with Gasteiger partial charge in [0, 0.05) is 5.92 Å². The van der Waals surface area contributed by atoms with Gasteiger partial charge in [0.15, 0.2) is 0 Å². The summed E-state index contributed by atoms with van der Waals surface area (Å²) in [6.07, 6.45) is 8.94. The molecule has 1 aliphatic rings. The molecule has 1 aliphatic carbocycles. The maximum absolute atomic E-state index is 11.7. The summed E-state index contributed by atoms with van der Waals surface area (Å²) in [5.41, 5.74) is 1.30. The molecule has 2 rings (SSSR count). The smallest absolute Gasteiger partial charge is 0.123 e. The van der Waals surface area contributed by atoms with Gasteiger partial charge in [0.25, 0.3) is 0 Å². The van der Waals surface area contributed by atoms with E-state index in [9.17, 15) is 4.79 Å². The van der Waals surface area contributed by atoms with Crippen molar-refractivity contribution in [3.05, 3.63) is 73.9 Å². The van der Waals surface area contributed by atoms with E-state index in [-0.39, 0.29) is 17.8 Å². The highest BCUT2D eigenvalue weighted by Gasteiger charge is 2.43. The largest absolute Gasteiger partial charge is 0.303 e. The molecule has 0 bridgehead atoms. The highest BCUT2D eigenvalue weighted by Crippen LogP contribution is 2.47. The van der Waals surface area contributed by atoms with Crippen LogP contribution in [-0.2, 0) is 11.2 Å². The topological polar surface area (TPSA) is 17.1 Å². The van der Waals surface area contributed by atoms with Crippen LogP contribution in [-0.4, -0.2) is 6.29 Å². The van der Waals surface area contributed by atoms with Crippen LogP contribution in [0.1, 0.15) is 12.0 Å². The second-order valence-electron chi connectivity index (χ2n) is 5.92. The summed E-state index contributed by atoms with van der Waals surface area (Å²) in [6, 6.07) is 10.4. The molecule has 0 aromatic heterocycles. The molecule has 1 nitrogen and oxygen atoms in total. The fourth-order valence-electron chi connectivity index (χ4n) is 3.81. The van der Waals surface area contributed by atoms with Crippen molar-refractivity contribution in [1.29, 1.82) is 0 Å². The van der Waals surface area contributed by atoms with E-state index in [1.54, 1.807) is 0 Å². The first-order chi connectivity index (χ1) is 10.2. The highest BCUT2D eigenvalue weighted by atomic mass is 16.1. The number of benzene rings is 1. The third kappa shape index (κ3) is 3.24. The minimum absolute atomic E-state index is 0.0502. The van der Waals surface area contributed by atoms with E-state index < -0.39 is 0 Å². The van der Waals surface area contributed by atoms with E-state index in [0.29, 0.717) is 11.8 Å². The Morgan fingerprint density at radius 3 is 2.33 bits per heavy atom. The summed E-state index contributed by atoms with van der Waals surface area (Å²) >= 11 is 0. The standard InChI is InChI=1S/C20H24O/c1-4-16(5-2)20-17(6-3)13-18(19(20)14-21)12-15-10-8-7-9-11-15/h4-11,14,16-20H,1-3,12-13H2/t17-,18-,19+,20+/m1/s1. The van der Waals surface area contributed by atoms with Crippen LogP contribution in [0.3, 0.4) is 0 Å². The number of carbonyl (C=O) groups is 1. The van der Waals surface area contributed by atoms with Gasteiger partial charge in [0.1, 0.15) is 6.29 Å². The zero-order valence-electron chi connectivity index (χ0n) is 12.5. The molecule has 1 fully saturated rings. The molecule has 0 radical (unpaired) electrons. The van der Waals surface area contributed by atoms with Crippen LogP contribution in [0.4, 0.5) is 0 Å². The molecule has 0 unspecified atom stereocenters. The summed E-state index contributed by atoms with van der Waals surface area (Å²) in [7, 11) is 0. The molecule has 0 amide bonds. The summed E-state index contributed by atoms with van der Waals surface area (Å²) in [5, 5.41) is 0. The number of rotatable bonds is 7. The molecule has 4 atom stereocenters. The molecule has 0 heterocycles. The second-order valence-corrected chi connectivity index (χ2v) is 5.92. The quantitative estimate of drug-likeness (QED) is 0.532. The number of carbonyl (C=O) groups excluding carboxylic acids is 1. The molecule has 0 saturated heterocycles. The van der Waals surface area contributed by atoms with E-state index in [0.717, 1.165) is 19.1 Å². The zero-order chi connectivity index (χ0) is 15.2. The molecule has 1 heteroatoms. The third-order valence-corrected chi connectivity index (χ3v) is 4.85. The molecule has 0 N–H and O–H groups in total. The van der Waals surface area contributed by atoms with Crippen LogP contribution in [0.15, 0.2) is 68.3 Å². The van der Waals surface area contributed by atoms with E-state index in [1.165, 1.54) is 5.56 Å². The zero-order valence-corrected chi connectivity index (χ0v) is 12.5. The number of hydrogen-bond acceptors (Lipinski definition) is 1. The number of hydrogen-bond donors (Lipinski definition) is 0. The fourth-order valence-corrected chi connectivity index (χ4v) is 3.81. The first kappa shape index (κ1) is 15.5. The molecule has 110 valence electrons. The van der Waals surface area contributed by atoms with Gasteiger partial charge in [0.2, 0.25) is 0 Å². The molecule has 0 spiro atoms. The Hall–Kier alpha value is -1.89. The van der Waals surface area contributed by atoms with Crippen LogP contribution in [0.2, 0.25) is 0 Å². The lowest BCUT2D eigenvalue weighted by Crippen LogP contribution is -2.25. The molecule has 1 aromatic carbocycles. The lowest BCUT2D eigenvalue weighted by Gasteiger charge is -2.26. The van der Waals surface area contributed by atoms with Gasteiger partial charge in [-0.25, -0.2) is 0 Å². The number of aldehydes is 1. The molecule has 1 aromatic rings. The average molecular weight is 280 g/mol. The lowest BCUT2D eigenvalue weighted by molar-refractivity contribution is -0.113. The molecular formula is C20H24O. The van der Waals surface area contributed by atoms with Gasteiger partial charge < -0.3 is 4.79 Å². The molecule has 0 aliphatic heterocycles. The normalized spacial score (nSPS) is 28.2. The maximum atomic E-state index is 11.7. The van der Waals surface area contributed by atoms with Crippen LogP contribution in [0, 0.1) is 29.6 Å². The van der Waals surface area contributed by atoms with Gasteiger partial charge in [-0.1, -0.05) is 48.6 Å². The lowest BCUT2D eigenvalue weighted by atomic mass is 9.77. The predicted molar refractivity (Wildman–Crippen MR) is 88.9 cm³/mol. The van der Waals surface area contributed by atoms with E-state index in [2.05, 4.69) is 44.0 Å². The Morgan fingerprint density at radius 2 is 1.81 bits per heavy atom. The van der Waals surface area contributed by atoms with E-state index in [1.807, 2.05) is 24.3 Å². The summed E-state index contributed by atoms with van der Waals surface area (Å²) in [4.78, 5) is 11.7. The Labute approximate surface area is 128 Å². The van der Waals surface area contributed by atoms with Crippen LogP contribution < -0.4 is 0 Å². The van der Waals surface area contributed by atoms with Gasteiger partial charge in [-0.05, 0) is 42.1 Å². The van der Waals surface area contributed by atoms with Crippen molar-refractivity contribution in [2.75, 3.05) is 0 Å². The monoisotopic (exact) mass is 280 g/mol.